The zero-order chi connectivity index (χ0) is 28.1. The average Bonchev–Trinajstić information content (AvgIpc) is 3.41. The second-order valence-electron chi connectivity index (χ2n) is 11.1. The molecule has 0 bridgehead atoms. The topological polar surface area (TPSA) is 22.1 Å². The Balaban J connectivity index is 1.30. The van der Waals surface area contributed by atoms with Crippen LogP contribution >= 0.6 is 45.7 Å². The van der Waals surface area contributed by atoms with Gasteiger partial charge in [-0.3, -0.25) is 0 Å². The number of hydrogen-bond donors (Lipinski definition) is 0. The third kappa shape index (κ3) is 13.9. The van der Waals surface area contributed by atoms with E-state index in [0.717, 1.165) is 29.3 Å². The SMILES string of the molecule is CCCCCCCCCCCCSc1ccc2nc(-c3ccc(OCCCCCCCCCCI)cc3)sc2c1. The molecule has 5 heteroatoms. The lowest BCUT2D eigenvalue weighted by Crippen LogP contribution is -1.97. The number of fused-ring (bicyclic) bond motifs is 1. The van der Waals surface area contributed by atoms with Crippen LogP contribution in [0.5, 0.6) is 5.75 Å². The fourth-order valence-electron chi connectivity index (χ4n) is 5.04. The molecule has 0 amide bonds. The maximum absolute atomic E-state index is 6.00. The minimum atomic E-state index is 0.814. The van der Waals surface area contributed by atoms with Crippen molar-refractivity contribution in [3.05, 3.63) is 42.5 Å². The lowest BCUT2D eigenvalue weighted by atomic mass is 10.1. The number of alkyl halides is 1. The van der Waals surface area contributed by atoms with Gasteiger partial charge in [0, 0.05) is 10.5 Å². The summed E-state index contributed by atoms with van der Waals surface area (Å²) in [5.74, 6) is 2.18. The van der Waals surface area contributed by atoms with Crippen molar-refractivity contribution < 1.29 is 4.74 Å². The fraction of sp³-hybridized carbons (Fsp3) is 0.629. The predicted molar refractivity (Wildman–Crippen MR) is 189 cm³/mol. The van der Waals surface area contributed by atoms with Crippen LogP contribution < -0.4 is 4.74 Å². The molecule has 40 heavy (non-hydrogen) atoms. The van der Waals surface area contributed by atoms with E-state index in [1.54, 1.807) is 11.3 Å². The fourth-order valence-corrected chi connectivity index (χ4v) is 7.61. The Hall–Kier alpha value is -0.790. The molecule has 0 aliphatic rings. The van der Waals surface area contributed by atoms with Crippen molar-refractivity contribution in [2.24, 2.45) is 0 Å². The number of aromatic nitrogens is 1. The molecule has 1 heterocycles. The molecule has 1 aromatic heterocycles. The quantitative estimate of drug-likeness (QED) is 0.0404. The minimum absolute atomic E-state index is 0.814. The van der Waals surface area contributed by atoms with E-state index in [1.165, 1.54) is 134 Å². The van der Waals surface area contributed by atoms with E-state index in [-0.39, 0.29) is 0 Å². The number of thiazole rings is 1. The molecule has 222 valence electrons. The van der Waals surface area contributed by atoms with E-state index in [2.05, 4.69) is 72.0 Å². The number of rotatable bonds is 24. The van der Waals surface area contributed by atoms with Crippen molar-refractivity contribution in [3.63, 3.8) is 0 Å². The molecule has 0 aliphatic heterocycles. The second-order valence-corrected chi connectivity index (χ2v) is 14.3. The first-order chi connectivity index (χ1) is 19.8. The van der Waals surface area contributed by atoms with Gasteiger partial charge in [0.05, 0.1) is 16.8 Å². The Kier molecular flexibility index (Phi) is 18.4. The zero-order valence-electron chi connectivity index (χ0n) is 24.9. The van der Waals surface area contributed by atoms with Crippen LogP contribution in [-0.2, 0) is 0 Å². The Morgan fingerprint density at radius 1 is 0.700 bits per heavy atom. The van der Waals surface area contributed by atoms with E-state index < -0.39 is 0 Å². The maximum Gasteiger partial charge on any atom is 0.124 e. The zero-order valence-corrected chi connectivity index (χ0v) is 28.7. The normalized spacial score (nSPS) is 11.4. The molecule has 0 saturated heterocycles. The van der Waals surface area contributed by atoms with Gasteiger partial charge in [-0.15, -0.1) is 23.1 Å². The molecule has 0 atom stereocenters. The lowest BCUT2D eigenvalue weighted by molar-refractivity contribution is 0.304. The van der Waals surface area contributed by atoms with Crippen LogP contribution in [0, 0.1) is 0 Å². The summed E-state index contributed by atoms with van der Waals surface area (Å²) in [5.41, 5.74) is 2.28. The number of thioether (sulfide) groups is 1. The molecular formula is C35H52INOS2. The van der Waals surface area contributed by atoms with Gasteiger partial charge in [-0.05, 0) is 71.9 Å². The molecule has 0 fully saturated rings. The van der Waals surface area contributed by atoms with Crippen molar-refractivity contribution in [2.75, 3.05) is 16.8 Å². The second kappa shape index (κ2) is 21.8. The summed E-state index contributed by atoms with van der Waals surface area (Å²) in [7, 11) is 0. The number of nitrogens with zero attached hydrogens (tertiary/aromatic N) is 1. The number of unbranched alkanes of at least 4 members (excludes halogenated alkanes) is 16. The molecule has 0 aliphatic carbocycles. The van der Waals surface area contributed by atoms with Gasteiger partial charge >= 0.3 is 0 Å². The van der Waals surface area contributed by atoms with Crippen LogP contribution in [0.2, 0.25) is 0 Å². The van der Waals surface area contributed by atoms with E-state index in [4.69, 9.17) is 9.72 Å². The smallest absolute Gasteiger partial charge is 0.124 e. The van der Waals surface area contributed by atoms with Gasteiger partial charge in [0.15, 0.2) is 0 Å². The molecule has 0 unspecified atom stereocenters. The summed E-state index contributed by atoms with van der Waals surface area (Å²) in [6.07, 6.45) is 24.7. The van der Waals surface area contributed by atoms with Gasteiger partial charge < -0.3 is 4.74 Å². The van der Waals surface area contributed by atoms with Crippen LogP contribution in [0.1, 0.15) is 122 Å². The third-order valence-corrected chi connectivity index (χ3v) is 10.4. The van der Waals surface area contributed by atoms with Gasteiger partial charge in [0.1, 0.15) is 10.8 Å². The minimum Gasteiger partial charge on any atom is -0.494 e. The average molecular weight is 694 g/mol. The van der Waals surface area contributed by atoms with Crippen LogP contribution in [-0.4, -0.2) is 21.8 Å². The summed E-state index contributed by atoms with van der Waals surface area (Å²) in [6.45, 7) is 3.11. The standard InChI is InChI=1S/C35H52INOS2/c1-2-3-4-5-6-7-10-13-16-19-28-39-32-24-25-33-34(29-32)40-35(37-33)30-20-22-31(23-21-30)38-27-18-15-12-9-8-11-14-17-26-36/h20-25,29H,2-19,26-28H2,1H3. The molecule has 2 aromatic carbocycles. The molecule has 0 radical (unpaired) electrons. The maximum atomic E-state index is 6.00. The first-order valence-electron chi connectivity index (χ1n) is 16.1. The monoisotopic (exact) mass is 693 g/mol. The summed E-state index contributed by atoms with van der Waals surface area (Å²) in [6, 6.07) is 15.3. The van der Waals surface area contributed by atoms with Crippen molar-refractivity contribution >= 4 is 55.9 Å². The molecule has 0 saturated carbocycles. The highest BCUT2D eigenvalue weighted by Crippen LogP contribution is 2.34. The molecule has 0 spiro atoms. The Bertz CT molecular complexity index is 1040. The molecule has 3 aromatic rings. The number of halogens is 1. The number of hydrogen-bond acceptors (Lipinski definition) is 4. The highest BCUT2D eigenvalue weighted by atomic mass is 127. The summed E-state index contributed by atoms with van der Waals surface area (Å²) in [4.78, 5) is 6.28. The van der Waals surface area contributed by atoms with Crippen LogP contribution in [0.3, 0.4) is 0 Å². The van der Waals surface area contributed by atoms with Crippen molar-refractivity contribution in [1.29, 1.82) is 0 Å². The summed E-state index contributed by atoms with van der Waals surface area (Å²) in [5, 5.41) is 1.09. The highest BCUT2D eigenvalue weighted by molar-refractivity contribution is 14.1. The molecule has 0 N–H and O–H groups in total. The molecular weight excluding hydrogens is 641 g/mol. The van der Waals surface area contributed by atoms with Gasteiger partial charge in [0.25, 0.3) is 0 Å². The van der Waals surface area contributed by atoms with Crippen LogP contribution in [0.25, 0.3) is 20.8 Å². The first-order valence-corrected chi connectivity index (χ1v) is 19.5. The number of ether oxygens (including phenoxy) is 1. The highest BCUT2D eigenvalue weighted by Gasteiger charge is 2.08. The molecule has 2 nitrogen and oxygen atoms in total. The predicted octanol–water partition coefficient (Wildman–Crippen LogP) is 12.9. The Morgan fingerprint density at radius 3 is 1.95 bits per heavy atom. The Morgan fingerprint density at radius 2 is 1.30 bits per heavy atom. The largest absolute Gasteiger partial charge is 0.494 e. The summed E-state index contributed by atoms with van der Waals surface area (Å²) < 4.78 is 8.59. The van der Waals surface area contributed by atoms with Crippen LogP contribution in [0.4, 0.5) is 0 Å². The number of benzene rings is 2. The Labute approximate surface area is 267 Å². The van der Waals surface area contributed by atoms with E-state index in [0.29, 0.717) is 0 Å². The third-order valence-electron chi connectivity index (χ3n) is 7.52. The first kappa shape index (κ1) is 33.7. The lowest BCUT2D eigenvalue weighted by Gasteiger charge is -2.07. The van der Waals surface area contributed by atoms with E-state index in [9.17, 15) is 0 Å². The van der Waals surface area contributed by atoms with Gasteiger partial charge in [-0.2, -0.15) is 0 Å². The van der Waals surface area contributed by atoms with Gasteiger partial charge in [-0.1, -0.05) is 126 Å². The van der Waals surface area contributed by atoms with Crippen molar-refractivity contribution in [1.82, 2.24) is 4.98 Å². The molecule has 3 rings (SSSR count). The van der Waals surface area contributed by atoms with Crippen LogP contribution in [0.15, 0.2) is 47.4 Å². The van der Waals surface area contributed by atoms with Gasteiger partial charge in [0.2, 0.25) is 0 Å². The van der Waals surface area contributed by atoms with Crippen molar-refractivity contribution in [3.8, 4) is 16.3 Å². The van der Waals surface area contributed by atoms with E-state index >= 15 is 0 Å². The van der Waals surface area contributed by atoms with E-state index in [1.807, 2.05) is 11.8 Å². The van der Waals surface area contributed by atoms with Gasteiger partial charge in [-0.25, -0.2) is 4.98 Å². The summed E-state index contributed by atoms with van der Waals surface area (Å²) >= 11 is 6.28. The van der Waals surface area contributed by atoms with Crippen molar-refractivity contribution in [2.45, 2.75) is 127 Å².